The van der Waals surface area contributed by atoms with E-state index in [1.165, 1.54) is 25.2 Å². The van der Waals surface area contributed by atoms with Gasteiger partial charge in [0, 0.05) is 24.9 Å². The molecule has 7 heteroatoms. The molecule has 1 aromatic carbocycles. The Hall–Kier alpha value is -2.57. The first-order chi connectivity index (χ1) is 10.4. The summed E-state index contributed by atoms with van der Waals surface area (Å²) in [5.41, 5.74) is 0.768. The first kappa shape index (κ1) is 15.8. The number of aliphatic imine (C=N–C) groups is 1. The Morgan fingerprint density at radius 1 is 1.41 bits per heavy atom. The van der Waals surface area contributed by atoms with Gasteiger partial charge >= 0.3 is 6.03 Å². The number of carbonyl (C=O) groups is 3. The monoisotopic (exact) mass is 305 g/mol. The fourth-order valence-corrected chi connectivity index (χ4v) is 2.21. The summed E-state index contributed by atoms with van der Waals surface area (Å²) in [6.45, 7) is 1.60. The Labute approximate surface area is 127 Å². The lowest BCUT2D eigenvalue weighted by Gasteiger charge is -2.25. The number of nitrogens with one attached hydrogen (secondary N) is 1. The fraction of sp³-hybridized carbons (Fsp3) is 0.333. The van der Waals surface area contributed by atoms with Gasteiger partial charge in [0.25, 0.3) is 0 Å². The molecule has 1 aliphatic heterocycles. The highest BCUT2D eigenvalue weighted by Gasteiger charge is 2.33. The van der Waals surface area contributed by atoms with Crippen LogP contribution in [-0.4, -0.2) is 35.5 Å². The number of urea groups is 1. The Morgan fingerprint density at radius 3 is 2.82 bits per heavy atom. The summed E-state index contributed by atoms with van der Waals surface area (Å²) < 4.78 is 13.0. The zero-order valence-corrected chi connectivity index (χ0v) is 12.3. The smallest absolute Gasteiger partial charge is 0.326 e. The molecule has 1 aromatic rings. The summed E-state index contributed by atoms with van der Waals surface area (Å²) in [5.74, 6) is -1.72. The summed E-state index contributed by atoms with van der Waals surface area (Å²) in [6.07, 6.45) is 0.314. The number of carbonyl (C=O) groups excluding carboxylic acids is 3. The highest BCUT2D eigenvalue weighted by atomic mass is 19.1. The normalized spacial score (nSPS) is 18.2. The van der Waals surface area contributed by atoms with Gasteiger partial charge in [-0.15, -0.1) is 0 Å². The van der Waals surface area contributed by atoms with Crippen molar-refractivity contribution in [2.75, 3.05) is 12.4 Å². The molecule has 0 fully saturated rings. The molecule has 0 saturated carbocycles. The van der Waals surface area contributed by atoms with Crippen molar-refractivity contribution >= 4 is 29.2 Å². The molecule has 0 aliphatic carbocycles. The van der Waals surface area contributed by atoms with Gasteiger partial charge in [-0.25, -0.2) is 14.2 Å². The maximum atomic E-state index is 13.0. The average molecular weight is 305 g/mol. The summed E-state index contributed by atoms with van der Waals surface area (Å²) in [7, 11) is 1.36. The number of amides is 4. The molecule has 0 saturated heterocycles. The van der Waals surface area contributed by atoms with Crippen LogP contribution in [0, 0.1) is 11.7 Å². The Kier molecular flexibility index (Phi) is 4.65. The van der Waals surface area contributed by atoms with Crippen molar-refractivity contribution in [3.63, 3.8) is 0 Å². The van der Waals surface area contributed by atoms with E-state index in [1.54, 1.807) is 13.0 Å². The van der Waals surface area contributed by atoms with Crippen LogP contribution >= 0.6 is 0 Å². The van der Waals surface area contributed by atoms with Gasteiger partial charge in [0.1, 0.15) is 5.82 Å². The SMILES string of the molecule is CC1=NC(=O)N(C)C(=O)C1CCC(=O)Nc1cccc(F)c1. The highest BCUT2D eigenvalue weighted by Crippen LogP contribution is 2.18. The first-order valence-electron chi connectivity index (χ1n) is 6.80. The van der Waals surface area contributed by atoms with E-state index in [0.717, 1.165) is 4.90 Å². The predicted octanol–water partition coefficient (Wildman–Crippen LogP) is 2.21. The van der Waals surface area contributed by atoms with Crippen LogP contribution in [-0.2, 0) is 9.59 Å². The lowest BCUT2D eigenvalue weighted by Crippen LogP contribution is -2.43. The van der Waals surface area contributed by atoms with E-state index in [9.17, 15) is 18.8 Å². The molecule has 0 radical (unpaired) electrons. The fourth-order valence-electron chi connectivity index (χ4n) is 2.21. The standard InChI is InChI=1S/C15H16FN3O3/c1-9-12(14(21)19(2)15(22)17-9)6-7-13(20)18-11-5-3-4-10(16)8-11/h3-5,8,12H,6-7H2,1-2H3,(H,18,20). The summed E-state index contributed by atoms with van der Waals surface area (Å²) in [5, 5.41) is 2.56. The van der Waals surface area contributed by atoms with Gasteiger partial charge in [-0.05, 0) is 31.5 Å². The molecule has 6 nitrogen and oxygen atoms in total. The first-order valence-corrected chi connectivity index (χ1v) is 6.80. The number of rotatable bonds is 4. The van der Waals surface area contributed by atoms with Crippen molar-refractivity contribution in [2.45, 2.75) is 19.8 Å². The van der Waals surface area contributed by atoms with E-state index < -0.39 is 17.8 Å². The molecule has 2 rings (SSSR count). The third-order valence-electron chi connectivity index (χ3n) is 3.46. The lowest BCUT2D eigenvalue weighted by molar-refractivity contribution is -0.129. The predicted molar refractivity (Wildman–Crippen MR) is 79.0 cm³/mol. The van der Waals surface area contributed by atoms with Gasteiger partial charge in [-0.3, -0.25) is 14.5 Å². The third-order valence-corrected chi connectivity index (χ3v) is 3.46. The van der Waals surface area contributed by atoms with Crippen LogP contribution in [0.5, 0.6) is 0 Å². The van der Waals surface area contributed by atoms with Gasteiger partial charge in [-0.2, -0.15) is 0 Å². The highest BCUT2D eigenvalue weighted by molar-refractivity contribution is 6.15. The average Bonchev–Trinajstić information content (AvgIpc) is 2.45. The van der Waals surface area contributed by atoms with E-state index in [0.29, 0.717) is 11.4 Å². The molecule has 1 atom stereocenters. The van der Waals surface area contributed by atoms with Crippen molar-refractivity contribution in [1.29, 1.82) is 0 Å². The maximum absolute atomic E-state index is 13.0. The second kappa shape index (κ2) is 6.46. The van der Waals surface area contributed by atoms with Crippen molar-refractivity contribution in [3.8, 4) is 0 Å². The molecule has 116 valence electrons. The molecule has 0 spiro atoms. The van der Waals surface area contributed by atoms with Crippen LogP contribution < -0.4 is 5.32 Å². The zero-order valence-electron chi connectivity index (χ0n) is 12.3. The van der Waals surface area contributed by atoms with Crippen molar-refractivity contribution in [3.05, 3.63) is 30.1 Å². The molecular formula is C15H16FN3O3. The minimum atomic E-state index is -0.594. The molecule has 0 aromatic heterocycles. The largest absolute Gasteiger partial charge is 0.349 e. The lowest BCUT2D eigenvalue weighted by atomic mass is 9.95. The summed E-state index contributed by atoms with van der Waals surface area (Å²) in [6, 6.07) is 4.97. The second-order valence-corrected chi connectivity index (χ2v) is 5.08. The molecule has 1 unspecified atom stereocenters. The van der Waals surface area contributed by atoms with E-state index in [-0.39, 0.29) is 24.7 Å². The van der Waals surface area contributed by atoms with Crippen LogP contribution in [0.15, 0.2) is 29.3 Å². The molecule has 22 heavy (non-hydrogen) atoms. The number of halogens is 1. The van der Waals surface area contributed by atoms with Crippen molar-refractivity contribution < 1.29 is 18.8 Å². The van der Waals surface area contributed by atoms with E-state index in [1.807, 2.05) is 0 Å². The number of hydrogen-bond acceptors (Lipinski definition) is 3. The van der Waals surface area contributed by atoms with Crippen LogP contribution in [0.1, 0.15) is 19.8 Å². The molecule has 1 N–H and O–H groups in total. The molecule has 1 heterocycles. The maximum Gasteiger partial charge on any atom is 0.349 e. The Morgan fingerprint density at radius 2 is 2.14 bits per heavy atom. The van der Waals surface area contributed by atoms with E-state index in [2.05, 4.69) is 10.3 Å². The Bertz CT molecular complexity index is 657. The summed E-state index contributed by atoms with van der Waals surface area (Å²) in [4.78, 5) is 40.0. The van der Waals surface area contributed by atoms with Crippen molar-refractivity contribution in [1.82, 2.24) is 4.90 Å². The molecular weight excluding hydrogens is 289 g/mol. The molecule has 4 amide bonds. The van der Waals surface area contributed by atoms with E-state index in [4.69, 9.17) is 0 Å². The number of imide groups is 1. The van der Waals surface area contributed by atoms with Gasteiger partial charge in [0.2, 0.25) is 11.8 Å². The van der Waals surface area contributed by atoms with Gasteiger partial charge in [-0.1, -0.05) is 6.07 Å². The minimum Gasteiger partial charge on any atom is -0.326 e. The number of hydrogen-bond donors (Lipinski definition) is 1. The van der Waals surface area contributed by atoms with Crippen LogP contribution in [0.4, 0.5) is 14.9 Å². The molecule has 0 bridgehead atoms. The Balaban J connectivity index is 1.95. The van der Waals surface area contributed by atoms with Crippen LogP contribution in [0.25, 0.3) is 0 Å². The minimum absolute atomic E-state index is 0.0712. The van der Waals surface area contributed by atoms with Gasteiger partial charge in [0.15, 0.2) is 0 Å². The van der Waals surface area contributed by atoms with Crippen molar-refractivity contribution in [2.24, 2.45) is 10.9 Å². The van der Waals surface area contributed by atoms with Crippen LogP contribution in [0.3, 0.4) is 0 Å². The van der Waals surface area contributed by atoms with Crippen LogP contribution in [0.2, 0.25) is 0 Å². The second-order valence-electron chi connectivity index (χ2n) is 5.08. The molecule has 1 aliphatic rings. The number of nitrogens with zero attached hydrogens (tertiary/aromatic N) is 2. The van der Waals surface area contributed by atoms with Gasteiger partial charge < -0.3 is 5.32 Å². The van der Waals surface area contributed by atoms with E-state index >= 15 is 0 Å². The number of anilines is 1. The zero-order chi connectivity index (χ0) is 16.3. The number of benzene rings is 1. The van der Waals surface area contributed by atoms with Gasteiger partial charge in [0.05, 0.1) is 5.92 Å². The third kappa shape index (κ3) is 3.55. The topological polar surface area (TPSA) is 78.8 Å². The quantitative estimate of drug-likeness (QED) is 0.926. The summed E-state index contributed by atoms with van der Waals surface area (Å²) >= 11 is 0.